The lowest BCUT2D eigenvalue weighted by atomic mass is 9.86. The monoisotopic (exact) mass is 390 g/mol. The molecule has 1 aromatic rings. The first kappa shape index (κ1) is 20.7. The van der Waals surface area contributed by atoms with Crippen molar-refractivity contribution >= 4 is 17.5 Å². The Morgan fingerprint density at radius 3 is 2.36 bits per heavy atom. The predicted molar refractivity (Wildman–Crippen MR) is 107 cm³/mol. The van der Waals surface area contributed by atoms with E-state index in [4.69, 9.17) is 5.73 Å². The van der Waals surface area contributed by atoms with Gasteiger partial charge < -0.3 is 20.9 Å². The van der Waals surface area contributed by atoms with Crippen LogP contribution in [0, 0.1) is 17.7 Å². The molecule has 0 unspecified atom stereocenters. The number of benzene rings is 1. The summed E-state index contributed by atoms with van der Waals surface area (Å²) in [5.74, 6) is 0.0588. The van der Waals surface area contributed by atoms with Crippen LogP contribution in [0.5, 0.6) is 0 Å². The highest BCUT2D eigenvalue weighted by Gasteiger charge is 2.40. The van der Waals surface area contributed by atoms with E-state index < -0.39 is 5.54 Å². The van der Waals surface area contributed by atoms with Crippen molar-refractivity contribution in [2.45, 2.75) is 44.7 Å². The zero-order chi connectivity index (χ0) is 20.5. The molecule has 3 rings (SSSR count). The number of anilines is 1. The Bertz CT molecular complexity index is 708. The third kappa shape index (κ3) is 4.70. The predicted octanol–water partition coefficient (Wildman–Crippen LogP) is 2.06. The second-order valence-electron chi connectivity index (χ2n) is 8.79. The molecule has 2 fully saturated rings. The summed E-state index contributed by atoms with van der Waals surface area (Å²) in [4.78, 5) is 29.1. The Labute approximate surface area is 166 Å². The van der Waals surface area contributed by atoms with Gasteiger partial charge >= 0.3 is 0 Å². The minimum Gasteiger partial charge on any atom is -0.341 e. The fourth-order valence-corrected chi connectivity index (χ4v) is 4.44. The van der Waals surface area contributed by atoms with Gasteiger partial charge in [-0.1, -0.05) is 0 Å². The van der Waals surface area contributed by atoms with E-state index in [0.717, 1.165) is 32.4 Å². The van der Waals surface area contributed by atoms with Gasteiger partial charge in [0, 0.05) is 31.4 Å². The Hall–Kier alpha value is -1.99. The second-order valence-corrected chi connectivity index (χ2v) is 8.79. The molecular weight excluding hydrogens is 359 g/mol. The Balaban J connectivity index is 1.53. The molecule has 3 N–H and O–H groups in total. The van der Waals surface area contributed by atoms with E-state index in [1.807, 2.05) is 4.90 Å². The molecule has 0 saturated carbocycles. The van der Waals surface area contributed by atoms with Crippen molar-refractivity contribution in [3.05, 3.63) is 30.1 Å². The first-order valence-corrected chi connectivity index (χ1v) is 10.00. The van der Waals surface area contributed by atoms with Gasteiger partial charge in [-0.2, -0.15) is 0 Å². The number of carbonyl (C=O) groups excluding carboxylic acids is 2. The quantitative estimate of drug-likeness (QED) is 0.825. The number of hydrogen-bond donors (Lipinski definition) is 2. The molecule has 154 valence electrons. The molecule has 28 heavy (non-hydrogen) atoms. The number of nitrogens with one attached hydrogen (secondary N) is 1. The van der Waals surface area contributed by atoms with Gasteiger partial charge in [-0.3, -0.25) is 9.59 Å². The summed E-state index contributed by atoms with van der Waals surface area (Å²) in [5.41, 5.74) is 5.73. The number of amides is 2. The van der Waals surface area contributed by atoms with E-state index in [9.17, 15) is 14.0 Å². The van der Waals surface area contributed by atoms with Crippen LogP contribution in [0.2, 0.25) is 0 Å². The van der Waals surface area contributed by atoms with Crippen molar-refractivity contribution in [1.82, 2.24) is 9.80 Å². The van der Waals surface area contributed by atoms with E-state index in [1.54, 1.807) is 26.0 Å². The Morgan fingerprint density at radius 1 is 1.18 bits per heavy atom. The molecule has 7 heteroatoms. The average Bonchev–Trinajstić information content (AvgIpc) is 3.04. The SMILES string of the molecule is CN1C[C@@H](C(=O)Nc2ccc(F)cc2)C[C@H]1C1CCN(C(=O)C(C)(C)N)CC1. The maximum Gasteiger partial charge on any atom is 0.242 e. The van der Waals surface area contributed by atoms with Crippen molar-refractivity contribution in [1.29, 1.82) is 0 Å². The molecular formula is C21H31FN4O2. The second kappa shape index (κ2) is 8.17. The van der Waals surface area contributed by atoms with Crippen molar-refractivity contribution in [3.8, 4) is 0 Å². The van der Waals surface area contributed by atoms with Gasteiger partial charge in [0.2, 0.25) is 11.8 Å². The van der Waals surface area contributed by atoms with Crippen LogP contribution < -0.4 is 11.1 Å². The number of rotatable bonds is 4. The van der Waals surface area contributed by atoms with Gasteiger partial charge in [0.15, 0.2) is 0 Å². The number of carbonyl (C=O) groups is 2. The van der Waals surface area contributed by atoms with Gasteiger partial charge in [0.1, 0.15) is 5.82 Å². The molecule has 0 spiro atoms. The zero-order valence-electron chi connectivity index (χ0n) is 17.0. The molecule has 6 nitrogen and oxygen atoms in total. The van der Waals surface area contributed by atoms with Gasteiger partial charge in [0.25, 0.3) is 0 Å². The fourth-order valence-electron chi connectivity index (χ4n) is 4.44. The van der Waals surface area contributed by atoms with Crippen LogP contribution in [0.25, 0.3) is 0 Å². The van der Waals surface area contributed by atoms with Crippen LogP contribution in [0.1, 0.15) is 33.1 Å². The molecule has 2 atom stereocenters. The summed E-state index contributed by atoms with van der Waals surface area (Å²) < 4.78 is 13.0. The molecule has 2 heterocycles. The van der Waals surface area contributed by atoms with Gasteiger partial charge in [-0.15, -0.1) is 0 Å². The van der Waals surface area contributed by atoms with Crippen molar-refractivity contribution in [3.63, 3.8) is 0 Å². The highest BCUT2D eigenvalue weighted by Crippen LogP contribution is 2.33. The molecule has 2 aliphatic heterocycles. The van der Waals surface area contributed by atoms with Crippen molar-refractivity contribution in [2.24, 2.45) is 17.6 Å². The number of halogens is 1. The normalized spacial score (nSPS) is 24.4. The van der Waals surface area contributed by atoms with Crippen molar-refractivity contribution < 1.29 is 14.0 Å². The van der Waals surface area contributed by atoms with Gasteiger partial charge in [-0.05, 0) is 70.3 Å². The van der Waals surface area contributed by atoms with Crippen LogP contribution >= 0.6 is 0 Å². The highest BCUT2D eigenvalue weighted by molar-refractivity contribution is 5.92. The molecule has 0 aromatic heterocycles. The summed E-state index contributed by atoms with van der Waals surface area (Å²) in [6.07, 6.45) is 2.68. The standard InChI is InChI=1S/C21H31FN4O2/c1-21(2,23)20(28)26-10-8-14(9-11-26)18-12-15(13-25(18)3)19(27)24-17-6-4-16(22)5-7-17/h4-7,14-15,18H,8-13,23H2,1-3H3,(H,24,27)/t15-,18-/m0/s1. The largest absolute Gasteiger partial charge is 0.341 e. The maximum atomic E-state index is 13.0. The van der Waals surface area contributed by atoms with Crippen LogP contribution in [0.3, 0.4) is 0 Å². The summed E-state index contributed by atoms with van der Waals surface area (Å²) >= 11 is 0. The minimum atomic E-state index is -0.833. The molecule has 2 aliphatic rings. The molecule has 2 saturated heterocycles. The van der Waals surface area contributed by atoms with Gasteiger partial charge in [-0.25, -0.2) is 4.39 Å². The van der Waals surface area contributed by atoms with E-state index >= 15 is 0 Å². The summed E-state index contributed by atoms with van der Waals surface area (Å²) in [6.45, 7) is 5.65. The van der Waals surface area contributed by atoms with Gasteiger partial charge in [0.05, 0.1) is 11.5 Å². The Morgan fingerprint density at radius 2 is 1.79 bits per heavy atom. The first-order valence-electron chi connectivity index (χ1n) is 10.00. The summed E-state index contributed by atoms with van der Waals surface area (Å²) in [5, 5.41) is 2.89. The first-order chi connectivity index (χ1) is 13.1. The molecule has 1 aromatic carbocycles. The number of nitrogens with two attached hydrogens (primary N) is 1. The zero-order valence-corrected chi connectivity index (χ0v) is 17.0. The molecule has 0 radical (unpaired) electrons. The third-order valence-corrected chi connectivity index (χ3v) is 6.01. The summed E-state index contributed by atoms with van der Waals surface area (Å²) in [6, 6.07) is 6.19. The van der Waals surface area contributed by atoms with E-state index in [2.05, 4.69) is 17.3 Å². The van der Waals surface area contributed by atoms with E-state index in [0.29, 0.717) is 24.2 Å². The average molecular weight is 391 g/mol. The lowest BCUT2D eigenvalue weighted by Crippen LogP contribution is -2.54. The topological polar surface area (TPSA) is 78.7 Å². The maximum absolute atomic E-state index is 13.0. The molecule has 2 amide bonds. The number of hydrogen-bond acceptors (Lipinski definition) is 4. The van der Waals surface area contributed by atoms with Crippen LogP contribution in [0.4, 0.5) is 10.1 Å². The molecule has 0 bridgehead atoms. The van der Waals surface area contributed by atoms with Crippen LogP contribution in [-0.4, -0.2) is 59.9 Å². The summed E-state index contributed by atoms with van der Waals surface area (Å²) in [7, 11) is 2.07. The Kier molecular flexibility index (Phi) is 6.05. The minimum absolute atomic E-state index is 0.00211. The van der Waals surface area contributed by atoms with Crippen molar-refractivity contribution in [2.75, 3.05) is 32.0 Å². The van der Waals surface area contributed by atoms with Crippen LogP contribution in [-0.2, 0) is 9.59 Å². The molecule has 0 aliphatic carbocycles. The highest BCUT2D eigenvalue weighted by atomic mass is 19.1. The van der Waals surface area contributed by atoms with E-state index in [1.165, 1.54) is 12.1 Å². The van der Waals surface area contributed by atoms with Crippen LogP contribution in [0.15, 0.2) is 24.3 Å². The lowest BCUT2D eigenvalue weighted by molar-refractivity contribution is -0.137. The smallest absolute Gasteiger partial charge is 0.242 e. The number of piperidine rings is 1. The lowest BCUT2D eigenvalue weighted by Gasteiger charge is -2.39. The van der Waals surface area contributed by atoms with E-state index in [-0.39, 0.29) is 23.5 Å². The number of nitrogens with zero attached hydrogens (tertiary/aromatic N) is 2. The number of likely N-dealkylation sites (tertiary alicyclic amines) is 2. The third-order valence-electron chi connectivity index (χ3n) is 6.01. The fraction of sp³-hybridized carbons (Fsp3) is 0.619.